The van der Waals surface area contributed by atoms with Crippen molar-refractivity contribution in [3.63, 3.8) is 0 Å². The summed E-state index contributed by atoms with van der Waals surface area (Å²) in [4.78, 5) is 23.1. The molecule has 1 heterocycles. The molecule has 5 heteroatoms. The summed E-state index contributed by atoms with van der Waals surface area (Å²) in [5, 5.41) is 11.1. The molecule has 0 radical (unpaired) electrons. The Morgan fingerprint density at radius 1 is 1.50 bits per heavy atom. The molecule has 22 heavy (non-hydrogen) atoms. The lowest BCUT2D eigenvalue weighted by atomic mass is 9.77. The summed E-state index contributed by atoms with van der Waals surface area (Å²) in [6, 6.07) is 0. The van der Waals surface area contributed by atoms with Crippen molar-refractivity contribution in [2.24, 2.45) is 23.7 Å². The number of rotatable bonds is 2. The van der Waals surface area contributed by atoms with Gasteiger partial charge >= 0.3 is 11.9 Å². The Bertz CT molecular complexity index is 513. The summed E-state index contributed by atoms with van der Waals surface area (Å²) < 4.78 is 10.8. The second-order valence-electron chi connectivity index (χ2n) is 7.11. The monoisotopic (exact) mass is 308 g/mol. The molecule has 6 atom stereocenters. The van der Waals surface area contributed by atoms with Crippen LogP contribution >= 0.6 is 0 Å². The van der Waals surface area contributed by atoms with Crippen LogP contribution in [0.25, 0.3) is 0 Å². The van der Waals surface area contributed by atoms with Crippen LogP contribution in [0.4, 0.5) is 0 Å². The normalized spacial score (nSPS) is 44.0. The van der Waals surface area contributed by atoms with Crippen LogP contribution in [0.3, 0.4) is 0 Å². The second kappa shape index (κ2) is 5.37. The average molecular weight is 308 g/mol. The van der Waals surface area contributed by atoms with Crippen LogP contribution in [-0.2, 0) is 19.1 Å². The smallest absolute Gasteiger partial charge is 0.309 e. The minimum absolute atomic E-state index is 0.0124. The molecule has 0 aromatic rings. The zero-order chi connectivity index (χ0) is 16.1. The quantitative estimate of drug-likeness (QED) is 0.622. The van der Waals surface area contributed by atoms with Gasteiger partial charge in [0, 0.05) is 24.7 Å². The molecule has 3 aliphatic rings. The van der Waals surface area contributed by atoms with Gasteiger partial charge in [-0.05, 0) is 25.7 Å². The first-order valence-corrected chi connectivity index (χ1v) is 8.07. The number of hydrogen-bond donors (Lipinski definition) is 1. The first-order chi connectivity index (χ1) is 10.3. The molecule has 3 rings (SSSR count). The van der Waals surface area contributed by atoms with Crippen molar-refractivity contribution in [3.05, 3.63) is 12.2 Å². The van der Waals surface area contributed by atoms with Crippen LogP contribution in [0.15, 0.2) is 12.2 Å². The van der Waals surface area contributed by atoms with Gasteiger partial charge in [-0.25, -0.2) is 0 Å². The standard InChI is InChI=1S/C17H24O5/c1-9-4-5-13-14(9)15-12(10(2)16(19)22-15)6-7-17(13,20)8-21-11(3)18/h10,12-15,20H,1,4-8H2,2-3H3/t10-,12+,13-,14+,15+,17-/m1/s1. The lowest BCUT2D eigenvalue weighted by Crippen LogP contribution is -2.45. The minimum atomic E-state index is -1.05. The van der Waals surface area contributed by atoms with E-state index in [1.807, 2.05) is 6.92 Å². The predicted octanol–water partition coefficient (Wildman–Crippen LogP) is 1.83. The first-order valence-electron chi connectivity index (χ1n) is 8.07. The summed E-state index contributed by atoms with van der Waals surface area (Å²) >= 11 is 0. The summed E-state index contributed by atoms with van der Waals surface area (Å²) in [5.41, 5.74) is -0.00302. The molecule has 0 bridgehead atoms. The first kappa shape index (κ1) is 15.5. The Hall–Kier alpha value is -1.36. The van der Waals surface area contributed by atoms with E-state index in [2.05, 4.69) is 6.58 Å². The van der Waals surface area contributed by atoms with Crippen molar-refractivity contribution in [2.75, 3.05) is 6.61 Å². The van der Waals surface area contributed by atoms with Gasteiger partial charge in [-0.3, -0.25) is 9.59 Å². The fourth-order valence-corrected chi connectivity index (χ4v) is 4.59. The van der Waals surface area contributed by atoms with Crippen molar-refractivity contribution in [3.8, 4) is 0 Å². The predicted molar refractivity (Wildman–Crippen MR) is 78.7 cm³/mol. The van der Waals surface area contributed by atoms with Crippen molar-refractivity contribution >= 4 is 11.9 Å². The number of aliphatic hydroxyl groups is 1. The minimum Gasteiger partial charge on any atom is -0.463 e. The van der Waals surface area contributed by atoms with E-state index in [0.29, 0.717) is 12.8 Å². The Balaban J connectivity index is 1.90. The lowest BCUT2D eigenvalue weighted by molar-refractivity contribution is -0.156. The van der Waals surface area contributed by atoms with Gasteiger partial charge in [0.05, 0.1) is 5.92 Å². The summed E-state index contributed by atoms with van der Waals surface area (Å²) in [6.45, 7) is 7.40. The van der Waals surface area contributed by atoms with Crippen LogP contribution in [0.1, 0.15) is 39.5 Å². The third-order valence-electron chi connectivity index (χ3n) is 5.85. The van der Waals surface area contributed by atoms with Gasteiger partial charge in [0.2, 0.25) is 0 Å². The number of esters is 2. The Kier molecular flexibility index (Phi) is 3.79. The fraction of sp³-hybridized carbons (Fsp3) is 0.765. The third-order valence-corrected chi connectivity index (χ3v) is 5.85. The highest BCUT2D eigenvalue weighted by Crippen LogP contribution is 2.54. The summed E-state index contributed by atoms with van der Waals surface area (Å²) in [7, 11) is 0. The fourth-order valence-electron chi connectivity index (χ4n) is 4.59. The topological polar surface area (TPSA) is 72.8 Å². The zero-order valence-corrected chi connectivity index (χ0v) is 13.2. The highest BCUT2D eigenvalue weighted by Gasteiger charge is 2.57. The van der Waals surface area contributed by atoms with E-state index in [1.165, 1.54) is 6.92 Å². The summed E-state index contributed by atoms with van der Waals surface area (Å²) in [5.74, 6) is -0.643. The molecule has 2 aliphatic carbocycles. The molecule has 0 spiro atoms. The number of hydrogen-bond acceptors (Lipinski definition) is 5. The van der Waals surface area contributed by atoms with E-state index in [4.69, 9.17) is 9.47 Å². The third kappa shape index (κ3) is 2.35. The highest BCUT2D eigenvalue weighted by atomic mass is 16.6. The van der Waals surface area contributed by atoms with Gasteiger partial charge in [-0.1, -0.05) is 19.1 Å². The van der Waals surface area contributed by atoms with E-state index in [1.54, 1.807) is 0 Å². The van der Waals surface area contributed by atoms with Gasteiger partial charge in [0.25, 0.3) is 0 Å². The van der Waals surface area contributed by atoms with Crippen molar-refractivity contribution < 1.29 is 24.2 Å². The van der Waals surface area contributed by atoms with Crippen LogP contribution in [0.5, 0.6) is 0 Å². The van der Waals surface area contributed by atoms with Gasteiger partial charge in [-0.2, -0.15) is 0 Å². The van der Waals surface area contributed by atoms with Crippen molar-refractivity contribution in [1.82, 2.24) is 0 Å². The molecular formula is C17H24O5. The number of carbonyl (C=O) groups is 2. The Labute approximate surface area is 130 Å². The van der Waals surface area contributed by atoms with Crippen LogP contribution in [0.2, 0.25) is 0 Å². The molecule has 1 N–H and O–H groups in total. The maximum atomic E-state index is 11.9. The zero-order valence-electron chi connectivity index (χ0n) is 13.2. The van der Waals surface area contributed by atoms with E-state index in [-0.39, 0.29) is 48.3 Å². The van der Waals surface area contributed by atoms with Crippen LogP contribution < -0.4 is 0 Å². The lowest BCUT2D eigenvalue weighted by Gasteiger charge is -2.36. The summed E-state index contributed by atoms with van der Waals surface area (Å²) in [6.07, 6.45) is 2.67. The number of fused-ring (bicyclic) bond motifs is 3. The molecule has 0 amide bonds. The van der Waals surface area contributed by atoms with E-state index in [9.17, 15) is 14.7 Å². The maximum absolute atomic E-state index is 11.9. The van der Waals surface area contributed by atoms with Crippen molar-refractivity contribution in [2.45, 2.75) is 51.2 Å². The molecule has 0 unspecified atom stereocenters. The molecule has 1 saturated heterocycles. The Morgan fingerprint density at radius 3 is 2.91 bits per heavy atom. The Morgan fingerprint density at radius 2 is 2.23 bits per heavy atom. The van der Waals surface area contributed by atoms with E-state index in [0.717, 1.165) is 18.4 Å². The molecule has 1 aliphatic heterocycles. The van der Waals surface area contributed by atoms with E-state index >= 15 is 0 Å². The molecule has 3 fully saturated rings. The van der Waals surface area contributed by atoms with Crippen molar-refractivity contribution in [1.29, 1.82) is 0 Å². The molecule has 2 saturated carbocycles. The van der Waals surface area contributed by atoms with Gasteiger partial charge in [-0.15, -0.1) is 0 Å². The highest BCUT2D eigenvalue weighted by molar-refractivity contribution is 5.75. The van der Waals surface area contributed by atoms with Gasteiger partial charge in [0.15, 0.2) is 0 Å². The molecular weight excluding hydrogens is 284 g/mol. The molecule has 0 aromatic carbocycles. The average Bonchev–Trinajstić information content (AvgIpc) is 2.93. The molecule has 5 nitrogen and oxygen atoms in total. The molecule has 0 aromatic heterocycles. The molecule has 122 valence electrons. The second-order valence-corrected chi connectivity index (χ2v) is 7.11. The van der Waals surface area contributed by atoms with Gasteiger partial charge < -0.3 is 14.6 Å². The SMILES string of the molecule is C=C1CC[C@@H]2[C@H]1[C@H]1OC(=O)[C@H](C)[C@@H]1CC[C@@]2(O)COC(C)=O. The van der Waals surface area contributed by atoms with Crippen LogP contribution in [0, 0.1) is 23.7 Å². The maximum Gasteiger partial charge on any atom is 0.309 e. The van der Waals surface area contributed by atoms with Crippen LogP contribution in [-0.4, -0.2) is 35.4 Å². The van der Waals surface area contributed by atoms with Gasteiger partial charge in [0.1, 0.15) is 18.3 Å². The largest absolute Gasteiger partial charge is 0.463 e. The van der Waals surface area contributed by atoms with E-state index < -0.39 is 5.60 Å². The number of carbonyl (C=O) groups excluding carboxylic acids is 2. The number of ether oxygens (including phenoxy) is 2.